The molecule has 0 heterocycles. The van der Waals surface area contributed by atoms with Gasteiger partial charge in [0.15, 0.2) is 0 Å². The van der Waals surface area contributed by atoms with Crippen LogP contribution in [0, 0.1) is 0 Å². The molecule has 0 unspecified atom stereocenters. The van der Waals surface area contributed by atoms with Gasteiger partial charge in [-0.3, -0.25) is 5.32 Å². The van der Waals surface area contributed by atoms with Crippen LogP contribution in [0.1, 0.15) is 130 Å². The summed E-state index contributed by atoms with van der Waals surface area (Å²) in [5, 5.41) is 2.82. The van der Waals surface area contributed by atoms with Gasteiger partial charge in [0.2, 0.25) is 0 Å². The summed E-state index contributed by atoms with van der Waals surface area (Å²) in [4.78, 5) is 13.1. The zero-order valence-corrected chi connectivity index (χ0v) is 24.2. The lowest BCUT2D eigenvalue weighted by Crippen LogP contribution is -2.27. The lowest BCUT2D eigenvalue weighted by molar-refractivity contribution is 0.0636. The van der Waals surface area contributed by atoms with Crippen molar-refractivity contribution in [1.82, 2.24) is 0 Å². The highest BCUT2D eigenvalue weighted by atomic mass is 32.2. The lowest BCUT2D eigenvalue weighted by atomic mass is 10.0. The van der Waals surface area contributed by atoms with Crippen molar-refractivity contribution < 1.29 is 14.3 Å². The Balaban J connectivity index is 2.07. The summed E-state index contributed by atoms with van der Waals surface area (Å²) < 4.78 is 11.3. The fourth-order valence-corrected chi connectivity index (χ4v) is 4.59. The van der Waals surface area contributed by atoms with E-state index in [4.69, 9.17) is 9.47 Å². The molecule has 202 valence electrons. The third-order valence-corrected chi connectivity index (χ3v) is 6.73. The maximum Gasteiger partial charge on any atom is 0.412 e. The SMILES string of the molecule is CCCCCCCCCCCCCCCCCCOc1cc(NC(=O)OC(C)(C)C)cc(SC)c1. The van der Waals surface area contributed by atoms with Crippen molar-refractivity contribution >= 4 is 23.5 Å². The second kappa shape index (κ2) is 19.8. The van der Waals surface area contributed by atoms with Gasteiger partial charge in [-0.05, 0) is 45.6 Å². The molecule has 0 bridgehead atoms. The molecule has 0 radical (unpaired) electrons. The summed E-state index contributed by atoms with van der Waals surface area (Å²) >= 11 is 1.63. The van der Waals surface area contributed by atoms with Crippen LogP contribution in [0.2, 0.25) is 0 Å². The molecule has 0 saturated carbocycles. The average molecular weight is 508 g/mol. The molecular weight excluding hydrogens is 454 g/mol. The summed E-state index contributed by atoms with van der Waals surface area (Å²) in [6.07, 6.45) is 23.4. The molecule has 0 aliphatic rings. The maximum absolute atomic E-state index is 12.1. The van der Waals surface area contributed by atoms with Crippen LogP contribution < -0.4 is 10.1 Å². The molecule has 5 heteroatoms. The smallest absolute Gasteiger partial charge is 0.412 e. The highest BCUT2D eigenvalue weighted by molar-refractivity contribution is 7.98. The van der Waals surface area contributed by atoms with Gasteiger partial charge in [-0.25, -0.2) is 4.79 Å². The Morgan fingerprint density at radius 2 is 1.26 bits per heavy atom. The van der Waals surface area contributed by atoms with E-state index in [-0.39, 0.29) is 0 Å². The minimum Gasteiger partial charge on any atom is -0.493 e. The molecule has 1 amide bonds. The fourth-order valence-electron chi connectivity index (χ4n) is 4.11. The summed E-state index contributed by atoms with van der Waals surface area (Å²) in [6.45, 7) is 8.57. The van der Waals surface area contributed by atoms with Crippen molar-refractivity contribution in [2.75, 3.05) is 18.2 Å². The van der Waals surface area contributed by atoms with Crippen LogP contribution >= 0.6 is 11.8 Å². The number of unbranched alkanes of at least 4 members (excludes halogenated alkanes) is 15. The maximum atomic E-state index is 12.1. The van der Waals surface area contributed by atoms with Crippen molar-refractivity contribution in [2.24, 2.45) is 0 Å². The van der Waals surface area contributed by atoms with Gasteiger partial charge in [0.05, 0.1) is 6.61 Å². The van der Waals surface area contributed by atoms with Gasteiger partial charge in [-0.2, -0.15) is 0 Å². The number of nitrogens with one attached hydrogen (secondary N) is 1. The number of carbonyl (C=O) groups is 1. The molecule has 1 N–H and O–H groups in total. The molecule has 35 heavy (non-hydrogen) atoms. The Morgan fingerprint density at radius 3 is 1.71 bits per heavy atom. The van der Waals surface area contributed by atoms with Gasteiger partial charge in [0, 0.05) is 16.6 Å². The zero-order valence-electron chi connectivity index (χ0n) is 23.4. The molecule has 0 aromatic heterocycles. The van der Waals surface area contributed by atoms with Gasteiger partial charge >= 0.3 is 6.09 Å². The summed E-state index contributed by atoms with van der Waals surface area (Å²) in [6, 6.07) is 5.84. The van der Waals surface area contributed by atoms with Crippen LogP contribution in [-0.4, -0.2) is 24.6 Å². The monoisotopic (exact) mass is 507 g/mol. The predicted molar refractivity (Wildman–Crippen MR) is 153 cm³/mol. The first-order valence-electron chi connectivity index (χ1n) is 14.2. The Bertz CT molecular complexity index is 672. The standard InChI is InChI=1S/C30H53NO3S/c1-6-7-8-9-10-11-12-13-14-15-16-17-18-19-20-21-22-33-27-23-26(24-28(25-27)35-5)31-29(32)34-30(2,3)4/h23-25H,6-22H2,1-5H3,(H,31,32). The van der Waals surface area contributed by atoms with Gasteiger partial charge in [-0.1, -0.05) is 103 Å². The first-order chi connectivity index (χ1) is 16.8. The second-order valence-corrected chi connectivity index (χ2v) is 11.6. The molecule has 1 aromatic rings. The average Bonchev–Trinajstić information content (AvgIpc) is 2.79. The lowest BCUT2D eigenvalue weighted by Gasteiger charge is -2.20. The minimum atomic E-state index is -0.520. The highest BCUT2D eigenvalue weighted by Gasteiger charge is 2.16. The van der Waals surface area contributed by atoms with Crippen molar-refractivity contribution in [3.05, 3.63) is 18.2 Å². The van der Waals surface area contributed by atoms with Gasteiger partial charge in [-0.15, -0.1) is 11.8 Å². The van der Waals surface area contributed by atoms with Crippen molar-refractivity contribution in [3.8, 4) is 5.75 Å². The van der Waals surface area contributed by atoms with Crippen LogP contribution in [-0.2, 0) is 4.74 Å². The number of hydrogen-bond acceptors (Lipinski definition) is 4. The Kier molecular flexibility index (Phi) is 17.9. The Hall–Kier alpha value is -1.36. The van der Waals surface area contributed by atoms with E-state index in [9.17, 15) is 4.79 Å². The number of carbonyl (C=O) groups excluding carboxylic acids is 1. The number of amides is 1. The van der Waals surface area contributed by atoms with Crippen molar-refractivity contribution in [2.45, 2.75) is 141 Å². The predicted octanol–water partition coefficient (Wildman–Crippen LogP) is 10.4. The largest absolute Gasteiger partial charge is 0.493 e. The van der Waals surface area contributed by atoms with Crippen molar-refractivity contribution in [1.29, 1.82) is 0 Å². The number of benzene rings is 1. The zero-order chi connectivity index (χ0) is 25.8. The van der Waals surface area contributed by atoms with E-state index >= 15 is 0 Å². The van der Waals surface area contributed by atoms with E-state index in [1.165, 1.54) is 96.3 Å². The molecule has 1 aromatic carbocycles. The number of anilines is 1. The molecule has 0 fully saturated rings. The molecule has 0 aliphatic carbocycles. The minimum absolute atomic E-state index is 0.445. The van der Waals surface area contributed by atoms with E-state index in [1.54, 1.807) is 11.8 Å². The molecular formula is C30H53NO3S. The molecule has 0 spiro atoms. The number of ether oxygens (including phenoxy) is 2. The fraction of sp³-hybridized carbons (Fsp3) is 0.767. The third kappa shape index (κ3) is 18.6. The molecule has 0 aliphatic heterocycles. The Labute approximate surface area is 220 Å². The van der Waals surface area contributed by atoms with Crippen LogP contribution in [0.25, 0.3) is 0 Å². The number of rotatable bonds is 20. The first-order valence-corrected chi connectivity index (χ1v) is 15.4. The topological polar surface area (TPSA) is 47.6 Å². The van der Waals surface area contributed by atoms with Crippen molar-refractivity contribution in [3.63, 3.8) is 0 Å². The molecule has 1 rings (SSSR count). The quantitative estimate of drug-likeness (QED) is 0.141. The summed E-state index contributed by atoms with van der Waals surface area (Å²) in [5.41, 5.74) is 0.182. The molecule has 0 saturated heterocycles. The van der Waals surface area contributed by atoms with Gasteiger partial charge in [0.1, 0.15) is 11.4 Å². The summed E-state index contributed by atoms with van der Waals surface area (Å²) in [5.74, 6) is 0.795. The number of hydrogen-bond donors (Lipinski definition) is 1. The second-order valence-electron chi connectivity index (χ2n) is 10.7. The van der Waals surface area contributed by atoms with E-state index < -0.39 is 11.7 Å². The number of thioether (sulfide) groups is 1. The molecule has 4 nitrogen and oxygen atoms in total. The normalized spacial score (nSPS) is 11.5. The van der Waals surface area contributed by atoms with E-state index in [1.807, 2.05) is 45.2 Å². The van der Waals surface area contributed by atoms with E-state index in [2.05, 4.69) is 12.2 Å². The third-order valence-electron chi connectivity index (χ3n) is 6.03. The summed E-state index contributed by atoms with van der Waals surface area (Å²) in [7, 11) is 0. The van der Waals surface area contributed by atoms with Crippen LogP contribution in [0.4, 0.5) is 10.5 Å². The van der Waals surface area contributed by atoms with Crippen LogP contribution in [0.5, 0.6) is 5.75 Å². The van der Waals surface area contributed by atoms with E-state index in [0.29, 0.717) is 12.3 Å². The Morgan fingerprint density at radius 1 is 0.771 bits per heavy atom. The highest BCUT2D eigenvalue weighted by Crippen LogP contribution is 2.27. The molecule has 0 atom stereocenters. The van der Waals surface area contributed by atoms with Crippen LogP contribution in [0.15, 0.2) is 23.1 Å². The van der Waals surface area contributed by atoms with Crippen LogP contribution in [0.3, 0.4) is 0 Å². The van der Waals surface area contributed by atoms with Gasteiger partial charge in [0.25, 0.3) is 0 Å². The van der Waals surface area contributed by atoms with E-state index in [0.717, 1.165) is 17.1 Å². The first kappa shape index (κ1) is 31.7. The van der Waals surface area contributed by atoms with Gasteiger partial charge < -0.3 is 9.47 Å².